The Morgan fingerprint density at radius 3 is 1.88 bits per heavy atom. The molecular formula is C13H22Ge2O. The summed E-state index contributed by atoms with van der Waals surface area (Å²) in [6.07, 6.45) is 1.31. The number of methoxy groups -OCH3 is 1. The van der Waals surface area contributed by atoms with Gasteiger partial charge in [-0.3, -0.25) is 0 Å². The summed E-state index contributed by atoms with van der Waals surface area (Å²) >= 11 is -1.50. The van der Waals surface area contributed by atoms with Gasteiger partial charge in [0.1, 0.15) is 0 Å². The standard InChI is InChI=1S/C13H22Ge2O/c1-14(2)13(15(3)4)10-11-6-8-12(16-5)9-7-11/h6-9,13H,10H2,1-5H3. The van der Waals surface area contributed by atoms with E-state index >= 15 is 0 Å². The average molecular weight is 340 g/mol. The Hall–Kier alpha value is 0.106. The molecule has 1 aromatic carbocycles. The van der Waals surface area contributed by atoms with Crippen molar-refractivity contribution in [2.75, 3.05) is 7.11 Å². The van der Waals surface area contributed by atoms with E-state index in [1.54, 1.807) is 7.11 Å². The minimum atomic E-state index is -0.750. The Bertz CT molecular complexity index is 298. The number of rotatable bonds is 5. The van der Waals surface area contributed by atoms with Crippen LogP contribution in [0.5, 0.6) is 5.75 Å². The van der Waals surface area contributed by atoms with E-state index < -0.39 is 28.7 Å². The number of ether oxygens (including phenoxy) is 1. The molecule has 0 aliphatic rings. The van der Waals surface area contributed by atoms with Crippen LogP contribution in [-0.4, -0.2) is 35.8 Å². The Morgan fingerprint density at radius 2 is 1.50 bits per heavy atom. The summed E-state index contributed by atoms with van der Waals surface area (Å²) in [4.78, 5) is 0. The maximum atomic E-state index is 5.19. The van der Waals surface area contributed by atoms with E-state index in [0.29, 0.717) is 0 Å². The van der Waals surface area contributed by atoms with Gasteiger partial charge in [0.25, 0.3) is 0 Å². The fourth-order valence-electron chi connectivity index (χ4n) is 1.98. The Balaban J connectivity index is 2.70. The van der Waals surface area contributed by atoms with Gasteiger partial charge >= 0.3 is 109 Å². The third-order valence-corrected chi connectivity index (χ3v) is 22.3. The van der Waals surface area contributed by atoms with Crippen molar-refractivity contribution in [2.45, 2.75) is 33.0 Å². The van der Waals surface area contributed by atoms with Gasteiger partial charge in [-0.25, -0.2) is 0 Å². The van der Waals surface area contributed by atoms with Gasteiger partial charge in [-0.2, -0.15) is 0 Å². The first kappa shape index (κ1) is 14.2. The molecular weight excluding hydrogens is 317 g/mol. The molecule has 0 amide bonds. The Labute approximate surface area is 109 Å². The predicted molar refractivity (Wildman–Crippen MR) is 75.4 cm³/mol. The molecule has 0 atom stereocenters. The zero-order valence-electron chi connectivity index (χ0n) is 11.0. The van der Waals surface area contributed by atoms with Crippen LogP contribution >= 0.6 is 0 Å². The zero-order valence-corrected chi connectivity index (χ0v) is 15.2. The second-order valence-corrected chi connectivity index (χ2v) is 19.3. The first-order valence-electron chi connectivity index (χ1n) is 5.77. The molecule has 1 aromatic rings. The van der Waals surface area contributed by atoms with Crippen molar-refractivity contribution in [1.82, 2.24) is 0 Å². The molecule has 0 spiro atoms. The molecule has 1 nitrogen and oxygen atoms in total. The van der Waals surface area contributed by atoms with Crippen molar-refractivity contribution >= 4 is 28.7 Å². The van der Waals surface area contributed by atoms with Crippen molar-refractivity contribution in [3.05, 3.63) is 29.8 Å². The molecule has 0 saturated carbocycles. The van der Waals surface area contributed by atoms with Crippen molar-refractivity contribution in [2.24, 2.45) is 0 Å². The summed E-state index contributed by atoms with van der Waals surface area (Å²) < 4.78 is 6.28. The van der Waals surface area contributed by atoms with Crippen molar-refractivity contribution in [1.29, 1.82) is 0 Å². The van der Waals surface area contributed by atoms with Gasteiger partial charge in [-0.15, -0.1) is 0 Å². The molecule has 1 rings (SSSR count). The van der Waals surface area contributed by atoms with Crippen LogP contribution in [0.1, 0.15) is 5.56 Å². The molecule has 0 aromatic heterocycles. The average Bonchev–Trinajstić information content (AvgIpc) is 2.25. The second kappa shape index (κ2) is 6.75. The third kappa shape index (κ3) is 4.17. The van der Waals surface area contributed by atoms with Crippen molar-refractivity contribution in [3.63, 3.8) is 0 Å². The van der Waals surface area contributed by atoms with Crippen LogP contribution in [0.3, 0.4) is 0 Å². The van der Waals surface area contributed by atoms with Crippen LogP contribution in [0.25, 0.3) is 0 Å². The molecule has 0 fully saturated rings. The molecule has 0 unspecified atom stereocenters. The van der Waals surface area contributed by atoms with Crippen LogP contribution in [0.2, 0.25) is 26.6 Å². The van der Waals surface area contributed by atoms with E-state index in [1.165, 1.54) is 12.0 Å². The summed E-state index contributed by atoms with van der Waals surface area (Å²) in [7, 11) is 1.72. The molecule has 0 saturated heterocycles. The van der Waals surface area contributed by atoms with E-state index in [0.717, 1.165) is 9.33 Å². The van der Waals surface area contributed by atoms with E-state index in [-0.39, 0.29) is 0 Å². The molecule has 88 valence electrons. The van der Waals surface area contributed by atoms with E-state index in [2.05, 4.69) is 47.3 Å². The molecule has 2 radical (unpaired) electrons. The van der Waals surface area contributed by atoms with Gasteiger partial charge in [-0.05, 0) is 0 Å². The zero-order chi connectivity index (χ0) is 12.1. The molecule has 0 aliphatic heterocycles. The Morgan fingerprint density at radius 1 is 1.00 bits per heavy atom. The maximum absolute atomic E-state index is 5.19. The summed E-state index contributed by atoms with van der Waals surface area (Å²) in [5.41, 5.74) is 1.49. The van der Waals surface area contributed by atoms with E-state index in [9.17, 15) is 0 Å². The molecule has 0 N–H and O–H groups in total. The fourth-order valence-corrected chi connectivity index (χ4v) is 19.7. The third-order valence-electron chi connectivity index (χ3n) is 2.99. The molecule has 0 aliphatic carbocycles. The van der Waals surface area contributed by atoms with Gasteiger partial charge in [0.15, 0.2) is 0 Å². The SMILES string of the molecule is COc1ccc(C[CH]([Ge]([CH3])[CH3])[Ge]([CH3])[CH3])cc1. The first-order chi connectivity index (χ1) is 7.54. The van der Waals surface area contributed by atoms with Crippen LogP contribution in [-0.2, 0) is 6.42 Å². The monoisotopic (exact) mass is 342 g/mol. The number of hydrogen-bond donors (Lipinski definition) is 0. The van der Waals surface area contributed by atoms with E-state index in [4.69, 9.17) is 4.74 Å². The Kier molecular flexibility index (Phi) is 5.97. The first-order valence-corrected chi connectivity index (χ1v) is 16.6. The van der Waals surface area contributed by atoms with Crippen molar-refractivity contribution in [3.8, 4) is 5.75 Å². The molecule has 3 heteroatoms. The van der Waals surface area contributed by atoms with Gasteiger partial charge in [-0.1, -0.05) is 0 Å². The van der Waals surface area contributed by atoms with Gasteiger partial charge in [0, 0.05) is 0 Å². The van der Waals surface area contributed by atoms with Crippen LogP contribution in [0.4, 0.5) is 0 Å². The summed E-state index contributed by atoms with van der Waals surface area (Å²) in [6, 6.07) is 8.63. The molecule has 16 heavy (non-hydrogen) atoms. The predicted octanol–water partition coefficient (Wildman–Crippen LogP) is 3.66. The minimum absolute atomic E-state index is 0.750. The normalized spacial score (nSPS) is 11.5. The number of hydrogen-bond acceptors (Lipinski definition) is 1. The van der Waals surface area contributed by atoms with Gasteiger partial charge < -0.3 is 0 Å². The van der Waals surface area contributed by atoms with Crippen LogP contribution in [0, 0.1) is 0 Å². The second-order valence-electron chi connectivity index (χ2n) is 4.76. The number of benzene rings is 1. The molecule has 0 heterocycles. The fraction of sp³-hybridized carbons (Fsp3) is 0.538. The quantitative estimate of drug-likeness (QED) is 0.744. The summed E-state index contributed by atoms with van der Waals surface area (Å²) in [5, 5.41) is 0. The summed E-state index contributed by atoms with van der Waals surface area (Å²) in [5.74, 6) is 11.1. The summed E-state index contributed by atoms with van der Waals surface area (Å²) in [6.45, 7) is 0. The van der Waals surface area contributed by atoms with Crippen molar-refractivity contribution < 1.29 is 4.74 Å². The van der Waals surface area contributed by atoms with Crippen LogP contribution < -0.4 is 4.74 Å². The van der Waals surface area contributed by atoms with E-state index in [1.807, 2.05) is 0 Å². The topological polar surface area (TPSA) is 9.23 Å². The molecule has 0 bridgehead atoms. The van der Waals surface area contributed by atoms with Gasteiger partial charge in [0.05, 0.1) is 0 Å². The van der Waals surface area contributed by atoms with Crippen LogP contribution in [0.15, 0.2) is 24.3 Å². The van der Waals surface area contributed by atoms with Gasteiger partial charge in [0.2, 0.25) is 0 Å².